The summed E-state index contributed by atoms with van der Waals surface area (Å²) in [6, 6.07) is 22.9. The first kappa shape index (κ1) is 23.3. The number of oxazole rings is 1. The highest BCUT2D eigenvalue weighted by molar-refractivity contribution is 5.91. The minimum Gasteiger partial charge on any atom is -0.447 e. The molecule has 0 saturated heterocycles. The molecule has 0 aliphatic rings. The lowest BCUT2D eigenvalue weighted by Crippen LogP contribution is -2.27. The average molecular weight is 462 g/mol. The van der Waals surface area contributed by atoms with Gasteiger partial charge in [0.2, 0.25) is 5.89 Å². The van der Waals surface area contributed by atoms with E-state index < -0.39 is 11.6 Å². The third-order valence-corrected chi connectivity index (χ3v) is 5.40. The smallest absolute Gasteiger partial charge is 0.275 e. The van der Waals surface area contributed by atoms with Crippen LogP contribution in [0.5, 0.6) is 0 Å². The Hall–Kier alpha value is -3.84. The molecule has 0 spiro atoms. The van der Waals surface area contributed by atoms with Gasteiger partial charge in [-0.05, 0) is 17.2 Å². The van der Waals surface area contributed by atoms with Gasteiger partial charge in [0.15, 0.2) is 5.69 Å². The number of rotatable bonds is 9. The van der Waals surface area contributed by atoms with E-state index in [4.69, 9.17) is 4.42 Å². The van der Waals surface area contributed by atoms with Crippen LogP contribution in [0.25, 0.3) is 0 Å². The van der Waals surface area contributed by atoms with Crippen molar-refractivity contribution in [1.82, 2.24) is 14.8 Å². The van der Waals surface area contributed by atoms with Crippen molar-refractivity contribution in [3.8, 4) is 0 Å². The number of nitrogens with zero attached hydrogens (tertiary/aromatic N) is 3. The van der Waals surface area contributed by atoms with Crippen molar-refractivity contribution in [2.24, 2.45) is 0 Å². The molecule has 4 aromatic rings. The van der Waals surface area contributed by atoms with E-state index in [1.165, 1.54) is 18.4 Å². The Labute approximate surface area is 197 Å². The molecule has 1 heterocycles. The molecule has 7 heteroatoms. The summed E-state index contributed by atoms with van der Waals surface area (Å²) in [6.45, 7) is 1.42. The molecular formula is C27H25F2N3O2. The fourth-order valence-corrected chi connectivity index (χ4v) is 3.70. The van der Waals surface area contributed by atoms with Gasteiger partial charge < -0.3 is 9.32 Å². The lowest BCUT2D eigenvalue weighted by Gasteiger charge is -2.21. The van der Waals surface area contributed by atoms with Crippen LogP contribution in [0.1, 0.15) is 33.1 Å². The predicted octanol–water partition coefficient (Wildman–Crippen LogP) is 5.43. The highest BCUT2D eigenvalue weighted by Gasteiger charge is 2.19. The Morgan fingerprint density at radius 1 is 0.853 bits per heavy atom. The second kappa shape index (κ2) is 10.9. The molecule has 4 rings (SSSR count). The van der Waals surface area contributed by atoms with Crippen molar-refractivity contribution < 1.29 is 18.0 Å². The number of carbonyl (C=O) groups is 1. The van der Waals surface area contributed by atoms with Crippen LogP contribution in [0.2, 0.25) is 0 Å². The van der Waals surface area contributed by atoms with E-state index in [1.54, 1.807) is 11.9 Å². The van der Waals surface area contributed by atoms with E-state index >= 15 is 0 Å². The topological polar surface area (TPSA) is 49.6 Å². The average Bonchev–Trinajstić information content (AvgIpc) is 3.30. The van der Waals surface area contributed by atoms with Gasteiger partial charge in [0, 0.05) is 38.3 Å². The minimum atomic E-state index is -0.619. The summed E-state index contributed by atoms with van der Waals surface area (Å²) in [7, 11) is 1.71. The fraction of sp³-hybridized carbons (Fsp3) is 0.185. The van der Waals surface area contributed by atoms with Crippen LogP contribution in [0.4, 0.5) is 8.78 Å². The van der Waals surface area contributed by atoms with Crippen LogP contribution < -0.4 is 0 Å². The second-order valence-corrected chi connectivity index (χ2v) is 8.14. The van der Waals surface area contributed by atoms with Gasteiger partial charge in [0.05, 0.1) is 6.54 Å². The predicted molar refractivity (Wildman–Crippen MR) is 124 cm³/mol. The summed E-state index contributed by atoms with van der Waals surface area (Å²) in [5.74, 6) is -1.14. The number of hydrogen-bond donors (Lipinski definition) is 0. The Morgan fingerprint density at radius 2 is 1.50 bits per heavy atom. The zero-order chi connectivity index (χ0) is 23.9. The maximum absolute atomic E-state index is 14.3. The first-order chi connectivity index (χ1) is 16.5. The van der Waals surface area contributed by atoms with Gasteiger partial charge >= 0.3 is 0 Å². The minimum absolute atomic E-state index is 0.209. The van der Waals surface area contributed by atoms with E-state index in [2.05, 4.69) is 4.98 Å². The highest BCUT2D eigenvalue weighted by Crippen LogP contribution is 2.18. The van der Waals surface area contributed by atoms with Gasteiger partial charge in [-0.25, -0.2) is 13.8 Å². The fourth-order valence-electron chi connectivity index (χ4n) is 3.70. The van der Waals surface area contributed by atoms with Gasteiger partial charge in [-0.2, -0.15) is 0 Å². The van der Waals surface area contributed by atoms with Crippen molar-refractivity contribution in [2.75, 3.05) is 7.05 Å². The molecule has 0 radical (unpaired) electrons. The van der Waals surface area contributed by atoms with Crippen molar-refractivity contribution >= 4 is 5.91 Å². The maximum atomic E-state index is 14.3. The van der Waals surface area contributed by atoms with E-state index in [0.717, 1.165) is 17.2 Å². The van der Waals surface area contributed by atoms with E-state index in [-0.39, 0.29) is 24.7 Å². The molecule has 1 amide bonds. The van der Waals surface area contributed by atoms with E-state index in [9.17, 15) is 13.6 Å². The standard InChI is InChI=1S/C27H25F2N3O2/c1-31(15-20-8-4-2-5-9-20)27(33)25-19-34-26(30-25)18-32(16-21-10-6-3-7-11-21)17-22-12-13-23(28)14-24(22)29/h2-14,19H,15-18H2,1H3. The van der Waals surface area contributed by atoms with E-state index in [0.29, 0.717) is 24.5 Å². The molecule has 0 bridgehead atoms. The van der Waals surface area contributed by atoms with Crippen molar-refractivity contribution in [3.63, 3.8) is 0 Å². The number of hydrogen-bond acceptors (Lipinski definition) is 4. The van der Waals surface area contributed by atoms with Crippen molar-refractivity contribution in [3.05, 3.63) is 125 Å². The molecule has 34 heavy (non-hydrogen) atoms. The number of amides is 1. The quantitative estimate of drug-likeness (QED) is 0.334. The van der Waals surface area contributed by atoms with Gasteiger partial charge in [0.1, 0.15) is 17.9 Å². The lowest BCUT2D eigenvalue weighted by atomic mass is 10.1. The van der Waals surface area contributed by atoms with Crippen LogP contribution in [0.3, 0.4) is 0 Å². The van der Waals surface area contributed by atoms with Gasteiger partial charge in [-0.15, -0.1) is 0 Å². The molecule has 174 valence electrons. The highest BCUT2D eigenvalue weighted by atomic mass is 19.1. The molecular weight excluding hydrogens is 436 g/mol. The molecule has 0 fully saturated rings. The van der Waals surface area contributed by atoms with Crippen LogP contribution >= 0.6 is 0 Å². The van der Waals surface area contributed by atoms with Crippen LogP contribution in [-0.4, -0.2) is 27.7 Å². The Morgan fingerprint density at radius 3 is 2.15 bits per heavy atom. The molecule has 0 aliphatic heterocycles. The molecule has 3 aromatic carbocycles. The van der Waals surface area contributed by atoms with Crippen LogP contribution in [0.15, 0.2) is 89.5 Å². The Balaban J connectivity index is 1.48. The Bertz CT molecular complexity index is 1230. The molecule has 0 atom stereocenters. The molecule has 0 aliphatic carbocycles. The summed E-state index contributed by atoms with van der Waals surface area (Å²) in [5.41, 5.74) is 2.61. The first-order valence-corrected chi connectivity index (χ1v) is 10.9. The monoisotopic (exact) mass is 461 g/mol. The number of carbonyl (C=O) groups excluding carboxylic acids is 1. The zero-order valence-corrected chi connectivity index (χ0v) is 18.8. The van der Waals surface area contributed by atoms with Crippen molar-refractivity contribution in [1.29, 1.82) is 0 Å². The van der Waals surface area contributed by atoms with Crippen LogP contribution in [-0.2, 0) is 26.2 Å². The summed E-state index contributed by atoms with van der Waals surface area (Å²) < 4.78 is 33.2. The molecule has 0 unspecified atom stereocenters. The van der Waals surface area contributed by atoms with Gasteiger partial charge in [-0.3, -0.25) is 9.69 Å². The normalized spacial score (nSPS) is 11.1. The molecule has 5 nitrogen and oxygen atoms in total. The van der Waals surface area contributed by atoms with Crippen LogP contribution in [0, 0.1) is 11.6 Å². The summed E-state index contributed by atoms with van der Waals surface area (Å²) >= 11 is 0. The summed E-state index contributed by atoms with van der Waals surface area (Å²) in [6.07, 6.45) is 1.35. The third-order valence-electron chi connectivity index (χ3n) is 5.40. The lowest BCUT2D eigenvalue weighted by molar-refractivity contribution is 0.0779. The summed E-state index contributed by atoms with van der Waals surface area (Å²) in [5, 5.41) is 0. The summed E-state index contributed by atoms with van der Waals surface area (Å²) in [4.78, 5) is 20.7. The molecule has 0 saturated carbocycles. The van der Waals surface area contributed by atoms with Gasteiger partial charge in [0.25, 0.3) is 5.91 Å². The van der Waals surface area contributed by atoms with Crippen molar-refractivity contribution in [2.45, 2.75) is 26.2 Å². The largest absolute Gasteiger partial charge is 0.447 e. The second-order valence-electron chi connectivity index (χ2n) is 8.14. The number of aromatic nitrogens is 1. The zero-order valence-electron chi connectivity index (χ0n) is 18.8. The molecule has 0 N–H and O–H groups in total. The van der Waals surface area contributed by atoms with E-state index in [1.807, 2.05) is 65.6 Å². The Kier molecular flexibility index (Phi) is 7.44. The number of benzene rings is 3. The SMILES string of the molecule is CN(Cc1ccccc1)C(=O)c1coc(CN(Cc2ccccc2)Cc2ccc(F)cc2F)n1. The molecule has 1 aromatic heterocycles. The van der Waals surface area contributed by atoms with Gasteiger partial charge in [-0.1, -0.05) is 66.7 Å². The third kappa shape index (κ3) is 6.14. The first-order valence-electron chi connectivity index (χ1n) is 10.9. The number of halogens is 2. The maximum Gasteiger partial charge on any atom is 0.275 e.